The highest BCUT2D eigenvalue weighted by atomic mass is 16.5. The average molecular weight is 358 g/mol. The number of nitrogens with zero attached hydrogens (tertiary/aromatic N) is 1. The molecule has 0 aromatic heterocycles. The van der Waals surface area contributed by atoms with Crippen molar-refractivity contribution in [1.82, 2.24) is 0 Å². The van der Waals surface area contributed by atoms with E-state index in [2.05, 4.69) is 36.1 Å². The molecule has 1 aliphatic carbocycles. The molecular weight excluding hydrogens is 322 g/mol. The van der Waals surface area contributed by atoms with Crippen LogP contribution in [0.1, 0.15) is 64.4 Å². The van der Waals surface area contributed by atoms with Gasteiger partial charge in [-0.3, -0.25) is 4.79 Å². The van der Waals surface area contributed by atoms with Gasteiger partial charge in [-0.15, -0.1) is 0 Å². The molecule has 0 radical (unpaired) electrons. The van der Waals surface area contributed by atoms with Gasteiger partial charge >= 0.3 is 5.97 Å². The predicted molar refractivity (Wildman–Crippen MR) is 107 cm³/mol. The molecule has 0 unspecified atom stereocenters. The summed E-state index contributed by atoms with van der Waals surface area (Å²) < 4.78 is 5.16. The molecule has 1 heterocycles. The molecule has 0 amide bonds. The number of benzene rings is 1. The number of esters is 1. The molecule has 2 aliphatic rings. The zero-order valence-corrected chi connectivity index (χ0v) is 16.6. The maximum absolute atomic E-state index is 11.9. The van der Waals surface area contributed by atoms with Gasteiger partial charge in [-0.05, 0) is 62.1 Å². The molecule has 2 fully saturated rings. The largest absolute Gasteiger partial charge is 0.466 e. The number of carbonyl (C=O) groups is 1. The predicted octanol–water partition coefficient (Wildman–Crippen LogP) is 5.23. The lowest BCUT2D eigenvalue weighted by Gasteiger charge is -2.32. The quantitative estimate of drug-likeness (QED) is 0.653. The van der Waals surface area contributed by atoms with Crippen molar-refractivity contribution in [3.8, 4) is 0 Å². The molecule has 1 saturated heterocycles. The summed E-state index contributed by atoms with van der Waals surface area (Å²) in [5, 5.41) is 0. The second-order valence-corrected chi connectivity index (χ2v) is 8.34. The summed E-state index contributed by atoms with van der Waals surface area (Å²) in [5.74, 6) is 1.95. The highest BCUT2D eigenvalue weighted by Gasteiger charge is 2.26. The Morgan fingerprint density at radius 3 is 2.31 bits per heavy atom. The Morgan fingerprint density at radius 1 is 1.04 bits per heavy atom. The number of carbonyl (C=O) groups excluding carboxylic acids is 1. The normalized spacial score (nSPS) is 24.5. The van der Waals surface area contributed by atoms with Crippen molar-refractivity contribution >= 4 is 11.7 Å². The molecule has 3 heteroatoms. The van der Waals surface area contributed by atoms with Gasteiger partial charge in [0.05, 0.1) is 12.5 Å². The zero-order valence-electron chi connectivity index (χ0n) is 16.6. The minimum Gasteiger partial charge on any atom is -0.466 e. The Balaban J connectivity index is 1.44. The van der Waals surface area contributed by atoms with Crippen LogP contribution in [0.5, 0.6) is 0 Å². The highest BCUT2D eigenvalue weighted by molar-refractivity contribution is 5.72. The molecule has 0 spiro atoms. The molecule has 0 atom stereocenters. The third-order valence-corrected chi connectivity index (χ3v) is 6.39. The van der Waals surface area contributed by atoms with E-state index >= 15 is 0 Å². The van der Waals surface area contributed by atoms with Gasteiger partial charge in [0.1, 0.15) is 0 Å². The molecule has 3 nitrogen and oxygen atoms in total. The van der Waals surface area contributed by atoms with Crippen LogP contribution in [0.15, 0.2) is 24.3 Å². The number of hydrogen-bond acceptors (Lipinski definition) is 3. The fourth-order valence-corrected chi connectivity index (χ4v) is 4.50. The third kappa shape index (κ3) is 5.25. The second kappa shape index (κ2) is 9.43. The zero-order chi connectivity index (χ0) is 18.4. The van der Waals surface area contributed by atoms with Crippen molar-refractivity contribution in [1.29, 1.82) is 0 Å². The summed E-state index contributed by atoms with van der Waals surface area (Å²) in [7, 11) is 0. The van der Waals surface area contributed by atoms with E-state index < -0.39 is 0 Å². The number of ether oxygens (including phenoxy) is 1. The molecule has 144 valence electrons. The fourth-order valence-electron chi connectivity index (χ4n) is 4.50. The van der Waals surface area contributed by atoms with Gasteiger partial charge in [0.2, 0.25) is 0 Å². The van der Waals surface area contributed by atoms with Crippen LogP contribution in [0.4, 0.5) is 5.69 Å². The molecule has 1 aromatic carbocycles. The first-order chi connectivity index (χ1) is 12.7. The third-order valence-electron chi connectivity index (χ3n) is 6.39. The van der Waals surface area contributed by atoms with Crippen LogP contribution in [-0.2, 0) is 16.0 Å². The van der Waals surface area contributed by atoms with E-state index in [1.165, 1.54) is 49.8 Å². The summed E-state index contributed by atoms with van der Waals surface area (Å²) in [6.45, 7) is 6.65. The topological polar surface area (TPSA) is 29.5 Å². The monoisotopic (exact) mass is 357 g/mol. The maximum atomic E-state index is 11.9. The first-order valence-electron chi connectivity index (χ1n) is 10.7. The number of aryl methyl sites for hydroxylation is 1. The molecule has 1 aromatic rings. The SMILES string of the molecule is CCOC(=O)C1CCN(c2ccc(CCC3CCC(C)CC3)cc2)CC1. The van der Waals surface area contributed by atoms with Gasteiger partial charge < -0.3 is 9.64 Å². The molecule has 26 heavy (non-hydrogen) atoms. The smallest absolute Gasteiger partial charge is 0.309 e. The van der Waals surface area contributed by atoms with Crippen molar-refractivity contribution in [3.63, 3.8) is 0 Å². The molecule has 3 rings (SSSR count). The number of rotatable bonds is 6. The van der Waals surface area contributed by atoms with Crippen LogP contribution in [0.25, 0.3) is 0 Å². The molecule has 1 saturated carbocycles. The molecule has 1 aliphatic heterocycles. The van der Waals surface area contributed by atoms with E-state index in [9.17, 15) is 4.79 Å². The van der Waals surface area contributed by atoms with Crippen molar-refractivity contribution in [2.24, 2.45) is 17.8 Å². The van der Waals surface area contributed by atoms with Crippen molar-refractivity contribution in [2.75, 3.05) is 24.6 Å². The lowest BCUT2D eigenvalue weighted by molar-refractivity contribution is -0.148. The Kier molecular flexibility index (Phi) is 6.99. The fraction of sp³-hybridized carbons (Fsp3) is 0.696. The van der Waals surface area contributed by atoms with Gasteiger partial charge in [0, 0.05) is 18.8 Å². The molecule has 0 N–H and O–H groups in total. The van der Waals surface area contributed by atoms with Gasteiger partial charge in [-0.25, -0.2) is 0 Å². The Labute approximate surface area is 159 Å². The van der Waals surface area contributed by atoms with Gasteiger partial charge in [0.25, 0.3) is 0 Å². The lowest BCUT2D eigenvalue weighted by atomic mass is 9.80. The minimum absolute atomic E-state index is 0.0143. The van der Waals surface area contributed by atoms with Crippen LogP contribution >= 0.6 is 0 Å². The molecule has 0 bridgehead atoms. The van der Waals surface area contributed by atoms with Crippen molar-refractivity contribution in [3.05, 3.63) is 29.8 Å². The summed E-state index contributed by atoms with van der Waals surface area (Å²) >= 11 is 0. The van der Waals surface area contributed by atoms with Gasteiger partial charge in [0.15, 0.2) is 0 Å². The molecular formula is C23H35NO2. The van der Waals surface area contributed by atoms with Gasteiger partial charge in [-0.1, -0.05) is 44.7 Å². The van der Waals surface area contributed by atoms with Crippen LogP contribution in [0, 0.1) is 17.8 Å². The summed E-state index contributed by atoms with van der Waals surface area (Å²) in [6, 6.07) is 9.14. The van der Waals surface area contributed by atoms with E-state index in [1.54, 1.807) is 0 Å². The second-order valence-electron chi connectivity index (χ2n) is 8.34. The van der Waals surface area contributed by atoms with E-state index in [-0.39, 0.29) is 11.9 Å². The maximum Gasteiger partial charge on any atom is 0.309 e. The first kappa shape index (κ1) is 19.3. The average Bonchev–Trinajstić information content (AvgIpc) is 2.68. The van der Waals surface area contributed by atoms with Crippen LogP contribution in [-0.4, -0.2) is 25.7 Å². The standard InChI is InChI=1S/C23H35NO2/c1-3-26-23(25)21-14-16-24(17-15-21)22-12-10-20(11-13-22)9-8-19-6-4-18(2)5-7-19/h10-13,18-19,21H,3-9,14-17H2,1-2H3. The number of anilines is 1. The van der Waals surface area contributed by atoms with E-state index in [4.69, 9.17) is 4.74 Å². The Hall–Kier alpha value is -1.51. The van der Waals surface area contributed by atoms with Crippen LogP contribution in [0.2, 0.25) is 0 Å². The number of hydrogen-bond donors (Lipinski definition) is 0. The summed E-state index contributed by atoms with van der Waals surface area (Å²) in [6.07, 6.45) is 10.1. The summed E-state index contributed by atoms with van der Waals surface area (Å²) in [5.41, 5.74) is 2.76. The van der Waals surface area contributed by atoms with Crippen molar-refractivity contribution < 1.29 is 9.53 Å². The van der Waals surface area contributed by atoms with Crippen molar-refractivity contribution in [2.45, 2.75) is 65.2 Å². The van der Waals surface area contributed by atoms with Gasteiger partial charge in [-0.2, -0.15) is 0 Å². The van der Waals surface area contributed by atoms with E-state index in [0.29, 0.717) is 6.61 Å². The van der Waals surface area contributed by atoms with Crippen LogP contribution < -0.4 is 4.90 Å². The number of piperidine rings is 1. The van der Waals surface area contributed by atoms with E-state index in [1.807, 2.05) is 6.92 Å². The Bertz CT molecular complexity index is 552. The first-order valence-corrected chi connectivity index (χ1v) is 10.7. The van der Waals surface area contributed by atoms with Crippen LogP contribution in [0.3, 0.4) is 0 Å². The highest BCUT2D eigenvalue weighted by Crippen LogP contribution is 2.31. The minimum atomic E-state index is -0.0143. The lowest BCUT2D eigenvalue weighted by Crippen LogP contribution is -2.36. The Morgan fingerprint density at radius 2 is 1.69 bits per heavy atom. The summed E-state index contributed by atoms with van der Waals surface area (Å²) in [4.78, 5) is 14.3. The van der Waals surface area contributed by atoms with E-state index in [0.717, 1.165) is 37.8 Å².